The normalized spacial score (nSPS) is 15.1. The topological polar surface area (TPSA) is 52.5 Å². The van der Waals surface area contributed by atoms with Gasteiger partial charge in [0, 0.05) is 43.9 Å². The highest BCUT2D eigenvalue weighted by Crippen LogP contribution is 2.32. The van der Waals surface area contributed by atoms with Gasteiger partial charge >= 0.3 is 0 Å². The van der Waals surface area contributed by atoms with E-state index in [-0.39, 0.29) is 6.61 Å². The Morgan fingerprint density at radius 1 is 0.778 bits per heavy atom. The molecule has 0 saturated carbocycles. The quantitative estimate of drug-likeness (QED) is 0.758. The summed E-state index contributed by atoms with van der Waals surface area (Å²) < 4.78 is 0. The SMILES string of the molecule is OCCN1CCN(c2nnc(-c3ccccc3)cc2-c2ccccc2)CC1. The third-order valence-corrected chi connectivity index (χ3v) is 5.02. The number of rotatable bonds is 5. The molecule has 1 aromatic heterocycles. The molecule has 0 atom stereocenters. The van der Waals surface area contributed by atoms with Gasteiger partial charge in [-0.1, -0.05) is 60.7 Å². The number of anilines is 1. The molecule has 5 nitrogen and oxygen atoms in total. The number of aliphatic hydroxyl groups is 1. The molecule has 1 N–H and O–H groups in total. The van der Waals surface area contributed by atoms with Gasteiger partial charge in [0.15, 0.2) is 5.82 Å². The van der Waals surface area contributed by atoms with Crippen molar-refractivity contribution in [3.63, 3.8) is 0 Å². The van der Waals surface area contributed by atoms with Crippen LogP contribution in [0.4, 0.5) is 5.82 Å². The van der Waals surface area contributed by atoms with Gasteiger partial charge in [-0.15, -0.1) is 10.2 Å². The molecule has 0 radical (unpaired) electrons. The van der Waals surface area contributed by atoms with E-state index >= 15 is 0 Å². The van der Waals surface area contributed by atoms with Crippen LogP contribution < -0.4 is 4.90 Å². The molecule has 0 bridgehead atoms. The van der Waals surface area contributed by atoms with Crippen molar-refractivity contribution >= 4 is 5.82 Å². The fraction of sp³-hybridized carbons (Fsp3) is 0.273. The van der Waals surface area contributed by atoms with Gasteiger partial charge < -0.3 is 10.0 Å². The lowest BCUT2D eigenvalue weighted by atomic mass is 10.0. The smallest absolute Gasteiger partial charge is 0.159 e. The second-order valence-electron chi connectivity index (χ2n) is 6.75. The van der Waals surface area contributed by atoms with Crippen molar-refractivity contribution in [2.45, 2.75) is 0 Å². The van der Waals surface area contributed by atoms with E-state index in [0.29, 0.717) is 0 Å². The zero-order valence-corrected chi connectivity index (χ0v) is 15.3. The fourth-order valence-corrected chi connectivity index (χ4v) is 3.52. The second-order valence-corrected chi connectivity index (χ2v) is 6.75. The third-order valence-electron chi connectivity index (χ3n) is 5.02. The Morgan fingerprint density at radius 2 is 1.41 bits per heavy atom. The Kier molecular flexibility index (Phi) is 5.42. The summed E-state index contributed by atoms with van der Waals surface area (Å²) >= 11 is 0. The van der Waals surface area contributed by atoms with E-state index in [1.165, 1.54) is 0 Å². The molecule has 0 unspecified atom stereocenters. The van der Waals surface area contributed by atoms with Crippen LogP contribution in [0.15, 0.2) is 66.7 Å². The molecule has 1 aliphatic rings. The van der Waals surface area contributed by atoms with Crippen LogP contribution in [-0.4, -0.2) is 59.5 Å². The zero-order valence-electron chi connectivity index (χ0n) is 15.3. The van der Waals surface area contributed by atoms with Crippen LogP contribution in [0.25, 0.3) is 22.4 Å². The number of benzene rings is 2. The summed E-state index contributed by atoms with van der Waals surface area (Å²) in [6, 6.07) is 22.7. The van der Waals surface area contributed by atoms with Crippen molar-refractivity contribution in [3.05, 3.63) is 66.7 Å². The summed E-state index contributed by atoms with van der Waals surface area (Å²) in [5.41, 5.74) is 4.22. The Morgan fingerprint density at radius 3 is 2.04 bits per heavy atom. The summed E-state index contributed by atoms with van der Waals surface area (Å²) in [7, 11) is 0. The average Bonchev–Trinajstić information content (AvgIpc) is 2.75. The van der Waals surface area contributed by atoms with Gasteiger partial charge in [-0.05, 0) is 11.6 Å². The molecule has 0 spiro atoms. The molecular weight excluding hydrogens is 336 g/mol. The summed E-state index contributed by atoms with van der Waals surface area (Å²) in [5, 5.41) is 18.3. The van der Waals surface area contributed by atoms with E-state index in [0.717, 1.165) is 60.9 Å². The Labute approximate surface area is 159 Å². The van der Waals surface area contributed by atoms with Crippen LogP contribution in [0.3, 0.4) is 0 Å². The first kappa shape index (κ1) is 17.6. The summed E-state index contributed by atoms with van der Waals surface area (Å²) in [4.78, 5) is 4.59. The first-order valence-corrected chi connectivity index (χ1v) is 9.42. The predicted molar refractivity (Wildman–Crippen MR) is 109 cm³/mol. The third kappa shape index (κ3) is 3.99. The zero-order chi connectivity index (χ0) is 18.5. The monoisotopic (exact) mass is 360 g/mol. The number of β-amino-alcohol motifs (C(OH)–C–C–N with tert-alkyl or cyclic N) is 1. The molecule has 2 aromatic carbocycles. The number of nitrogens with zero attached hydrogens (tertiary/aromatic N) is 4. The van der Waals surface area contributed by atoms with E-state index in [2.05, 4.69) is 62.5 Å². The highest BCUT2D eigenvalue weighted by atomic mass is 16.3. The molecule has 0 amide bonds. The maximum Gasteiger partial charge on any atom is 0.159 e. The van der Waals surface area contributed by atoms with Gasteiger partial charge in [-0.2, -0.15) is 0 Å². The number of hydrogen-bond donors (Lipinski definition) is 1. The highest BCUT2D eigenvalue weighted by molar-refractivity contribution is 5.79. The van der Waals surface area contributed by atoms with Crippen LogP contribution >= 0.6 is 0 Å². The maximum atomic E-state index is 9.16. The molecule has 138 valence electrons. The van der Waals surface area contributed by atoms with Gasteiger partial charge in [-0.25, -0.2) is 0 Å². The number of aromatic nitrogens is 2. The molecule has 1 fully saturated rings. The molecular formula is C22H24N4O. The lowest BCUT2D eigenvalue weighted by Crippen LogP contribution is -2.47. The summed E-state index contributed by atoms with van der Waals surface area (Å²) in [6.45, 7) is 4.57. The van der Waals surface area contributed by atoms with Crippen LogP contribution in [0.5, 0.6) is 0 Å². The Hall–Kier alpha value is -2.76. The Bertz CT molecular complexity index is 862. The lowest BCUT2D eigenvalue weighted by Gasteiger charge is -2.35. The molecule has 27 heavy (non-hydrogen) atoms. The minimum Gasteiger partial charge on any atom is -0.395 e. The van der Waals surface area contributed by atoms with Crippen LogP contribution in [-0.2, 0) is 0 Å². The number of aliphatic hydroxyl groups excluding tert-OH is 1. The maximum absolute atomic E-state index is 9.16. The summed E-state index contributed by atoms with van der Waals surface area (Å²) in [6.07, 6.45) is 0. The van der Waals surface area contributed by atoms with Crippen molar-refractivity contribution in [1.82, 2.24) is 15.1 Å². The first-order chi connectivity index (χ1) is 13.3. The van der Waals surface area contributed by atoms with E-state index in [4.69, 9.17) is 5.11 Å². The molecule has 1 aliphatic heterocycles. The highest BCUT2D eigenvalue weighted by Gasteiger charge is 2.21. The first-order valence-electron chi connectivity index (χ1n) is 9.42. The van der Waals surface area contributed by atoms with Crippen molar-refractivity contribution in [3.8, 4) is 22.4 Å². The molecule has 4 rings (SSSR count). The van der Waals surface area contributed by atoms with Gasteiger partial charge in [0.1, 0.15) is 0 Å². The predicted octanol–water partition coefficient (Wildman–Crippen LogP) is 2.92. The molecule has 0 aliphatic carbocycles. The number of hydrogen-bond acceptors (Lipinski definition) is 5. The van der Waals surface area contributed by atoms with E-state index in [1.54, 1.807) is 0 Å². The van der Waals surface area contributed by atoms with Crippen LogP contribution in [0.2, 0.25) is 0 Å². The van der Waals surface area contributed by atoms with Crippen molar-refractivity contribution in [2.24, 2.45) is 0 Å². The van der Waals surface area contributed by atoms with Gasteiger partial charge in [0.25, 0.3) is 0 Å². The molecule has 3 aromatic rings. The molecule has 5 heteroatoms. The molecule has 2 heterocycles. The second kappa shape index (κ2) is 8.29. The van der Waals surface area contributed by atoms with E-state index < -0.39 is 0 Å². The lowest BCUT2D eigenvalue weighted by molar-refractivity contribution is 0.188. The average molecular weight is 360 g/mol. The number of piperazine rings is 1. The summed E-state index contributed by atoms with van der Waals surface area (Å²) in [5.74, 6) is 0.935. The Balaban J connectivity index is 1.69. The van der Waals surface area contributed by atoms with E-state index in [9.17, 15) is 0 Å². The van der Waals surface area contributed by atoms with E-state index in [1.807, 2.05) is 24.3 Å². The fourth-order valence-electron chi connectivity index (χ4n) is 3.52. The van der Waals surface area contributed by atoms with Crippen LogP contribution in [0.1, 0.15) is 0 Å². The molecule has 1 saturated heterocycles. The van der Waals surface area contributed by atoms with Crippen molar-refractivity contribution in [1.29, 1.82) is 0 Å². The van der Waals surface area contributed by atoms with Gasteiger partial charge in [0.2, 0.25) is 0 Å². The van der Waals surface area contributed by atoms with Crippen LogP contribution in [0, 0.1) is 0 Å². The largest absolute Gasteiger partial charge is 0.395 e. The minimum absolute atomic E-state index is 0.209. The van der Waals surface area contributed by atoms with Crippen molar-refractivity contribution in [2.75, 3.05) is 44.2 Å². The van der Waals surface area contributed by atoms with Gasteiger partial charge in [0.05, 0.1) is 12.3 Å². The minimum atomic E-state index is 0.209. The van der Waals surface area contributed by atoms with Crippen molar-refractivity contribution < 1.29 is 5.11 Å². The van der Waals surface area contributed by atoms with Gasteiger partial charge in [-0.3, -0.25) is 4.90 Å². The standard InChI is InChI=1S/C22H24N4O/c27-16-15-25-11-13-26(14-12-25)22-20(18-7-3-1-4-8-18)17-21(23-24-22)19-9-5-2-6-10-19/h1-10,17,27H,11-16H2.